The number of amides is 1. The third-order valence-corrected chi connectivity index (χ3v) is 3.37. The van der Waals surface area contributed by atoms with E-state index in [0.29, 0.717) is 12.1 Å². The highest BCUT2D eigenvalue weighted by Crippen LogP contribution is 2.18. The van der Waals surface area contributed by atoms with E-state index < -0.39 is 0 Å². The number of nitrogens with one attached hydrogen (secondary N) is 1. The Morgan fingerprint density at radius 3 is 2.59 bits per heavy atom. The first-order valence-electron chi connectivity index (χ1n) is 7.00. The van der Waals surface area contributed by atoms with Gasteiger partial charge >= 0.3 is 0 Å². The maximum absolute atomic E-state index is 12.0. The summed E-state index contributed by atoms with van der Waals surface area (Å²) in [6.45, 7) is 0.395. The Bertz CT molecular complexity index is 766. The van der Waals surface area contributed by atoms with Gasteiger partial charge in [0.25, 0.3) is 5.91 Å². The molecule has 1 amide bonds. The predicted molar refractivity (Wildman–Crippen MR) is 84.1 cm³/mol. The maximum Gasteiger partial charge on any atom is 0.251 e. The molecule has 3 rings (SSSR count). The van der Waals surface area contributed by atoms with Gasteiger partial charge in [-0.3, -0.25) is 14.5 Å². The highest BCUT2D eigenvalue weighted by atomic mass is 16.1. The Balaban J connectivity index is 1.71. The summed E-state index contributed by atoms with van der Waals surface area (Å²) in [5.74, 6) is -0.100. The molecule has 5 nitrogen and oxygen atoms in total. The fraction of sp³-hybridized carbons (Fsp3) is 0.118. The molecule has 0 aliphatic heterocycles. The van der Waals surface area contributed by atoms with E-state index in [1.165, 1.54) is 0 Å². The molecule has 0 saturated carbocycles. The third-order valence-electron chi connectivity index (χ3n) is 3.37. The van der Waals surface area contributed by atoms with Crippen molar-refractivity contribution in [3.05, 3.63) is 72.2 Å². The Labute approximate surface area is 128 Å². The quantitative estimate of drug-likeness (QED) is 0.803. The van der Waals surface area contributed by atoms with E-state index in [4.69, 9.17) is 0 Å². The van der Waals surface area contributed by atoms with Crippen molar-refractivity contribution in [2.45, 2.75) is 6.54 Å². The number of carbonyl (C=O) groups is 1. The molecule has 0 spiro atoms. The second kappa shape index (κ2) is 6.22. The van der Waals surface area contributed by atoms with Gasteiger partial charge in [-0.2, -0.15) is 5.10 Å². The van der Waals surface area contributed by atoms with E-state index in [-0.39, 0.29) is 5.91 Å². The minimum atomic E-state index is -0.100. The van der Waals surface area contributed by atoms with Crippen LogP contribution in [0.2, 0.25) is 0 Å². The summed E-state index contributed by atoms with van der Waals surface area (Å²) >= 11 is 0. The molecule has 0 bridgehead atoms. The summed E-state index contributed by atoms with van der Waals surface area (Å²) in [6.07, 6.45) is 3.50. The van der Waals surface area contributed by atoms with E-state index in [0.717, 1.165) is 17.0 Å². The molecule has 3 aromatic rings. The molecule has 22 heavy (non-hydrogen) atoms. The number of aromatic nitrogens is 3. The molecular weight excluding hydrogens is 276 g/mol. The van der Waals surface area contributed by atoms with Gasteiger partial charge in [0.1, 0.15) is 0 Å². The van der Waals surface area contributed by atoms with Gasteiger partial charge in [0.2, 0.25) is 0 Å². The zero-order chi connectivity index (χ0) is 15.4. The minimum absolute atomic E-state index is 0.100. The van der Waals surface area contributed by atoms with E-state index in [1.54, 1.807) is 29.2 Å². The number of rotatable bonds is 4. The van der Waals surface area contributed by atoms with Crippen molar-refractivity contribution in [3.63, 3.8) is 0 Å². The third kappa shape index (κ3) is 3.03. The lowest BCUT2D eigenvalue weighted by Crippen LogP contribution is -2.22. The Morgan fingerprint density at radius 2 is 1.86 bits per heavy atom. The van der Waals surface area contributed by atoms with E-state index in [2.05, 4.69) is 15.4 Å². The zero-order valence-corrected chi connectivity index (χ0v) is 12.2. The predicted octanol–water partition coefficient (Wildman–Crippen LogP) is 2.41. The lowest BCUT2D eigenvalue weighted by Gasteiger charge is -2.02. The van der Waals surface area contributed by atoms with Crippen molar-refractivity contribution in [1.29, 1.82) is 0 Å². The second-order valence-corrected chi connectivity index (χ2v) is 4.93. The van der Waals surface area contributed by atoms with Crippen LogP contribution in [-0.4, -0.2) is 20.7 Å². The van der Waals surface area contributed by atoms with Gasteiger partial charge in [-0.1, -0.05) is 18.2 Å². The molecule has 0 radical (unpaired) electrons. The van der Waals surface area contributed by atoms with E-state index >= 15 is 0 Å². The molecule has 0 aliphatic rings. The summed E-state index contributed by atoms with van der Waals surface area (Å²) in [7, 11) is 1.89. The molecule has 0 unspecified atom stereocenters. The normalized spacial score (nSPS) is 10.4. The lowest BCUT2D eigenvalue weighted by atomic mass is 10.2. The Hall–Kier alpha value is -2.95. The van der Waals surface area contributed by atoms with Crippen molar-refractivity contribution in [3.8, 4) is 11.3 Å². The molecule has 1 N–H and O–H groups in total. The molecule has 0 aliphatic carbocycles. The number of carbonyl (C=O) groups excluding carboxylic acids is 1. The van der Waals surface area contributed by atoms with Gasteiger partial charge < -0.3 is 5.32 Å². The Morgan fingerprint density at radius 1 is 1.14 bits per heavy atom. The zero-order valence-electron chi connectivity index (χ0n) is 12.2. The van der Waals surface area contributed by atoms with Crippen molar-refractivity contribution >= 4 is 5.91 Å². The fourth-order valence-electron chi connectivity index (χ4n) is 2.27. The second-order valence-electron chi connectivity index (χ2n) is 4.93. The van der Waals surface area contributed by atoms with Gasteiger partial charge in [-0.25, -0.2) is 0 Å². The average molecular weight is 292 g/mol. The molecule has 0 fully saturated rings. The molecule has 110 valence electrons. The Kier molecular flexibility index (Phi) is 3.96. The number of hydrogen-bond acceptors (Lipinski definition) is 3. The van der Waals surface area contributed by atoms with E-state index in [9.17, 15) is 4.79 Å². The van der Waals surface area contributed by atoms with Gasteiger partial charge in [0, 0.05) is 30.6 Å². The van der Waals surface area contributed by atoms with Crippen LogP contribution in [0.15, 0.2) is 60.9 Å². The van der Waals surface area contributed by atoms with Gasteiger partial charge in [0.15, 0.2) is 0 Å². The molecule has 2 aromatic heterocycles. The molecule has 0 atom stereocenters. The van der Waals surface area contributed by atoms with Crippen molar-refractivity contribution in [1.82, 2.24) is 20.1 Å². The molecule has 5 heteroatoms. The number of nitrogens with zero attached hydrogens (tertiary/aromatic N) is 3. The van der Waals surface area contributed by atoms with Gasteiger partial charge in [-0.05, 0) is 30.3 Å². The van der Waals surface area contributed by atoms with Crippen LogP contribution in [0.5, 0.6) is 0 Å². The van der Waals surface area contributed by atoms with Crippen LogP contribution in [0.1, 0.15) is 16.1 Å². The molecule has 1 aromatic carbocycles. The van der Waals surface area contributed by atoms with Crippen LogP contribution in [0, 0.1) is 0 Å². The van der Waals surface area contributed by atoms with Crippen LogP contribution in [0.4, 0.5) is 0 Å². The average Bonchev–Trinajstić information content (AvgIpc) is 2.95. The van der Waals surface area contributed by atoms with Crippen molar-refractivity contribution in [2.24, 2.45) is 7.05 Å². The first kappa shape index (κ1) is 14.0. The summed E-state index contributed by atoms with van der Waals surface area (Å²) in [5.41, 5.74) is 3.50. The molecular formula is C17H16N4O. The summed E-state index contributed by atoms with van der Waals surface area (Å²) in [4.78, 5) is 16.0. The fourth-order valence-corrected chi connectivity index (χ4v) is 2.27. The first-order chi connectivity index (χ1) is 10.7. The SMILES string of the molecule is Cn1nc(CNC(=O)c2ccccc2)cc1-c1ccncc1. The van der Waals surface area contributed by atoms with Crippen LogP contribution < -0.4 is 5.32 Å². The van der Waals surface area contributed by atoms with Crippen molar-refractivity contribution < 1.29 is 4.79 Å². The minimum Gasteiger partial charge on any atom is -0.346 e. The molecule has 0 saturated heterocycles. The smallest absolute Gasteiger partial charge is 0.251 e. The number of aryl methyl sites for hydroxylation is 1. The summed E-state index contributed by atoms with van der Waals surface area (Å²) in [5, 5.41) is 7.31. The van der Waals surface area contributed by atoms with Crippen LogP contribution in [-0.2, 0) is 13.6 Å². The summed E-state index contributed by atoms with van der Waals surface area (Å²) in [6, 6.07) is 15.0. The van der Waals surface area contributed by atoms with Crippen LogP contribution in [0.3, 0.4) is 0 Å². The maximum atomic E-state index is 12.0. The van der Waals surface area contributed by atoms with Crippen LogP contribution >= 0.6 is 0 Å². The van der Waals surface area contributed by atoms with E-state index in [1.807, 2.05) is 43.4 Å². The highest BCUT2D eigenvalue weighted by molar-refractivity contribution is 5.94. The largest absolute Gasteiger partial charge is 0.346 e. The van der Waals surface area contributed by atoms with Crippen molar-refractivity contribution in [2.75, 3.05) is 0 Å². The molecule has 2 heterocycles. The highest BCUT2D eigenvalue weighted by Gasteiger charge is 2.09. The van der Waals surface area contributed by atoms with Gasteiger partial charge in [0.05, 0.1) is 17.9 Å². The first-order valence-corrected chi connectivity index (χ1v) is 7.00. The number of benzene rings is 1. The van der Waals surface area contributed by atoms with Gasteiger partial charge in [-0.15, -0.1) is 0 Å². The van der Waals surface area contributed by atoms with Crippen LogP contribution in [0.25, 0.3) is 11.3 Å². The monoisotopic (exact) mass is 292 g/mol. The topological polar surface area (TPSA) is 59.8 Å². The number of pyridine rings is 1. The number of hydrogen-bond donors (Lipinski definition) is 1. The lowest BCUT2D eigenvalue weighted by molar-refractivity contribution is 0.0950. The summed E-state index contributed by atoms with van der Waals surface area (Å²) < 4.78 is 1.80. The standard InChI is InChI=1S/C17H16N4O/c1-21-16(13-7-9-18-10-8-13)11-15(20-21)12-19-17(22)14-5-3-2-4-6-14/h2-11H,12H2,1H3,(H,19,22).